The predicted octanol–water partition coefficient (Wildman–Crippen LogP) is 1.14. The van der Waals surface area contributed by atoms with Crippen LogP contribution in [-0.4, -0.2) is 21.6 Å². The molecule has 13 heavy (non-hydrogen) atoms. The fourth-order valence-corrected chi connectivity index (χ4v) is 2.60. The lowest BCUT2D eigenvalue weighted by molar-refractivity contribution is 0.371. The second-order valence-electron chi connectivity index (χ2n) is 3.16. The Morgan fingerprint density at radius 1 is 1.62 bits per heavy atom. The molecule has 2 rings (SSSR count). The first-order valence-electron chi connectivity index (χ1n) is 4.50. The zero-order valence-corrected chi connectivity index (χ0v) is 8.22. The maximum absolute atomic E-state index is 5.39. The summed E-state index contributed by atoms with van der Waals surface area (Å²) in [6, 6.07) is 0. The molecule has 1 aliphatic rings. The second kappa shape index (κ2) is 4.11. The molecule has 2 N–H and O–H groups in total. The average molecular weight is 199 g/mol. The van der Waals surface area contributed by atoms with Crippen LogP contribution in [0.2, 0.25) is 0 Å². The molecule has 0 spiro atoms. The molecule has 1 unspecified atom stereocenters. The third-order valence-corrected chi connectivity index (χ3v) is 3.40. The third kappa shape index (κ3) is 2.03. The SMILES string of the molecule is NCc1nc(C2CCCSC2)no1. The molecule has 1 aromatic rings. The molecule has 0 amide bonds. The van der Waals surface area contributed by atoms with Gasteiger partial charge in [-0.25, -0.2) is 0 Å². The van der Waals surface area contributed by atoms with Crippen LogP contribution < -0.4 is 5.73 Å². The molecule has 0 radical (unpaired) electrons. The van der Waals surface area contributed by atoms with Gasteiger partial charge in [-0.2, -0.15) is 16.7 Å². The van der Waals surface area contributed by atoms with Crippen molar-refractivity contribution in [3.63, 3.8) is 0 Å². The van der Waals surface area contributed by atoms with E-state index < -0.39 is 0 Å². The first-order valence-corrected chi connectivity index (χ1v) is 5.66. The minimum atomic E-state index is 0.340. The van der Waals surface area contributed by atoms with Crippen molar-refractivity contribution in [3.05, 3.63) is 11.7 Å². The van der Waals surface area contributed by atoms with Gasteiger partial charge in [0.05, 0.1) is 6.54 Å². The zero-order chi connectivity index (χ0) is 9.10. The fourth-order valence-electron chi connectivity index (χ4n) is 1.46. The van der Waals surface area contributed by atoms with Gasteiger partial charge >= 0.3 is 0 Å². The molecule has 4 nitrogen and oxygen atoms in total. The van der Waals surface area contributed by atoms with Crippen LogP contribution >= 0.6 is 11.8 Å². The molecular formula is C8H13N3OS. The van der Waals surface area contributed by atoms with Crippen LogP contribution in [0, 0.1) is 0 Å². The van der Waals surface area contributed by atoms with E-state index in [1.807, 2.05) is 11.8 Å². The Kier molecular flexibility index (Phi) is 2.85. The van der Waals surface area contributed by atoms with Crippen LogP contribution in [0.25, 0.3) is 0 Å². The lowest BCUT2D eigenvalue weighted by Crippen LogP contribution is -2.10. The van der Waals surface area contributed by atoms with Gasteiger partial charge in [-0.05, 0) is 18.6 Å². The van der Waals surface area contributed by atoms with E-state index in [1.165, 1.54) is 18.6 Å². The Hall–Kier alpha value is -0.550. The van der Waals surface area contributed by atoms with E-state index in [1.54, 1.807) is 0 Å². The zero-order valence-electron chi connectivity index (χ0n) is 7.40. The summed E-state index contributed by atoms with van der Waals surface area (Å²) in [6.07, 6.45) is 2.43. The predicted molar refractivity (Wildman–Crippen MR) is 51.5 cm³/mol. The topological polar surface area (TPSA) is 64.9 Å². The fraction of sp³-hybridized carbons (Fsp3) is 0.750. The lowest BCUT2D eigenvalue weighted by atomic mass is 10.1. The molecule has 1 fully saturated rings. The van der Waals surface area contributed by atoms with Gasteiger partial charge in [0.15, 0.2) is 5.82 Å². The first kappa shape index (κ1) is 9.02. The Labute approximate surface area is 81.3 Å². The monoisotopic (exact) mass is 199 g/mol. The molecule has 5 heteroatoms. The number of nitrogens with zero attached hydrogens (tertiary/aromatic N) is 2. The van der Waals surface area contributed by atoms with Gasteiger partial charge in [0.1, 0.15) is 0 Å². The Balaban J connectivity index is 2.05. The van der Waals surface area contributed by atoms with Crippen molar-refractivity contribution < 1.29 is 4.52 Å². The molecule has 1 aliphatic heterocycles. The summed E-state index contributed by atoms with van der Waals surface area (Å²) >= 11 is 1.96. The standard InChI is InChI=1S/C8H13N3OS/c9-4-7-10-8(11-12-7)6-2-1-3-13-5-6/h6H,1-5,9H2. The molecule has 2 heterocycles. The summed E-state index contributed by atoms with van der Waals surface area (Å²) in [5.74, 6) is 4.24. The maximum atomic E-state index is 5.39. The van der Waals surface area contributed by atoms with Crippen molar-refractivity contribution in [2.24, 2.45) is 5.73 Å². The molecular weight excluding hydrogens is 186 g/mol. The number of aromatic nitrogens is 2. The highest BCUT2D eigenvalue weighted by Gasteiger charge is 2.20. The van der Waals surface area contributed by atoms with Gasteiger partial charge in [-0.15, -0.1) is 0 Å². The Bertz CT molecular complexity index is 270. The minimum absolute atomic E-state index is 0.340. The average Bonchev–Trinajstić information content (AvgIpc) is 2.67. The number of rotatable bonds is 2. The van der Waals surface area contributed by atoms with Gasteiger partial charge in [0.2, 0.25) is 5.89 Å². The van der Waals surface area contributed by atoms with Gasteiger partial charge in [0, 0.05) is 11.7 Å². The maximum Gasteiger partial charge on any atom is 0.240 e. The van der Waals surface area contributed by atoms with Gasteiger partial charge in [-0.3, -0.25) is 0 Å². The highest BCUT2D eigenvalue weighted by atomic mass is 32.2. The molecule has 1 saturated heterocycles. The van der Waals surface area contributed by atoms with Crippen LogP contribution in [0.4, 0.5) is 0 Å². The highest BCUT2D eigenvalue weighted by molar-refractivity contribution is 7.99. The van der Waals surface area contributed by atoms with Gasteiger partial charge in [0.25, 0.3) is 0 Å². The van der Waals surface area contributed by atoms with Crippen LogP contribution in [0.1, 0.15) is 30.5 Å². The van der Waals surface area contributed by atoms with E-state index in [9.17, 15) is 0 Å². The van der Waals surface area contributed by atoms with Crippen molar-refractivity contribution in [3.8, 4) is 0 Å². The minimum Gasteiger partial charge on any atom is -0.338 e. The van der Waals surface area contributed by atoms with E-state index in [2.05, 4.69) is 10.1 Å². The van der Waals surface area contributed by atoms with Gasteiger partial charge in [-0.1, -0.05) is 5.16 Å². The van der Waals surface area contributed by atoms with Crippen LogP contribution in [0.3, 0.4) is 0 Å². The number of hydrogen-bond acceptors (Lipinski definition) is 5. The summed E-state index contributed by atoms with van der Waals surface area (Å²) in [5, 5.41) is 3.93. The molecule has 0 aromatic carbocycles. The van der Waals surface area contributed by atoms with Crippen molar-refractivity contribution in [2.45, 2.75) is 25.3 Å². The third-order valence-electron chi connectivity index (χ3n) is 2.18. The Morgan fingerprint density at radius 3 is 3.15 bits per heavy atom. The van der Waals surface area contributed by atoms with Crippen LogP contribution in [0.5, 0.6) is 0 Å². The molecule has 0 saturated carbocycles. The number of hydrogen-bond donors (Lipinski definition) is 1. The van der Waals surface area contributed by atoms with E-state index in [0.717, 1.165) is 11.6 Å². The lowest BCUT2D eigenvalue weighted by Gasteiger charge is -2.17. The van der Waals surface area contributed by atoms with Crippen molar-refractivity contribution in [2.75, 3.05) is 11.5 Å². The smallest absolute Gasteiger partial charge is 0.240 e. The molecule has 1 aromatic heterocycles. The largest absolute Gasteiger partial charge is 0.338 e. The number of thioether (sulfide) groups is 1. The van der Waals surface area contributed by atoms with E-state index >= 15 is 0 Å². The van der Waals surface area contributed by atoms with E-state index in [4.69, 9.17) is 10.3 Å². The molecule has 72 valence electrons. The van der Waals surface area contributed by atoms with Gasteiger partial charge < -0.3 is 10.3 Å². The normalized spacial score (nSPS) is 23.3. The molecule has 1 atom stereocenters. The molecule has 0 aliphatic carbocycles. The van der Waals surface area contributed by atoms with Crippen LogP contribution in [0.15, 0.2) is 4.52 Å². The van der Waals surface area contributed by atoms with E-state index in [-0.39, 0.29) is 0 Å². The van der Waals surface area contributed by atoms with Crippen LogP contribution in [-0.2, 0) is 6.54 Å². The summed E-state index contributed by atoms with van der Waals surface area (Å²) in [7, 11) is 0. The summed E-state index contributed by atoms with van der Waals surface area (Å²) in [6.45, 7) is 0.340. The summed E-state index contributed by atoms with van der Waals surface area (Å²) < 4.78 is 4.97. The summed E-state index contributed by atoms with van der Waals surface area (Å²) in [5.41, 5.74) is 5.39. The highest BCUT2D eigenvalue weighted by Crippen LogP contribution is 2.29. The summed E-state index contributed by atoms with van der Waals surface area (Å²) in [4.78, 5) is 4.24. The van der Waals surface area contributed by atoms with Crippen molar-refractivity contribution in [1.29, 1.82) is 0 Å². The quantitative estimate of drug-likeness (QED) is 0.773. The van der Waals surface area contributed by atoms with Crippen molar-refractivity contribution >= 4 is 11.8 Å². The van der Waals surface area contributed by atoms with E-state index in [0.29, 0.717) is 18.4 Å². The second-order valence-corrected chi connectivity index (χ2v) is 4.31. The first-order chi connectivity index (χ1) is 6.40. The molecule has 0 bridgehead atoms. The van der Waals surface area contributed by atoms with Crippen molar-refractivity contribution in [1.82, 2.24) is 10.1 Å². The number of nitrogens with two attached hydrogens (primary N) is 1. The Morgan fingerprint density at radius 2 is 2.54 bits per heavy atom.